The minimum Gasteiger partial charge on any atom is -0.507 e. The standard InChI is InChI=1S/C29H36N2O4/c1-25(2,3)24-17-22(31(30-24)20-12-10-9-11-13-20)21-15-14-19(16-23(21)32)28-29(35-34-28,26(4,5)6)27(7,8)18-33-28/h9-17,32H,18H2,1-8H3. The van der Waals surface area contributed by atoms with Gasteiger partial charge in [-0.2, -0.15) is 9.99 Å². The molecule has 6 nitrogen and oxygen atoms in total. The first kappa shape index (κ1) is 24.0. The molecule has 0 saturated carbocycles. The van der Waals surface area contributed by atoms with E-state index >= 15 is 0 Å². The second kappa shape index (κ2) is 7.42. The maximum absolute atomic E-state index is 11.3. The SMILES string of the molecule is CC(C)(C)c1cc(-c2ccc(C34OCC(C)(C)C3(C(C)(C)C)OO4)cc2O)n(-c2ccccc2)n1. The zero-order valence-corrected chi connectivity index (χ0v) is 22.0. The zero-order chi connectivity index (χ0) is 25.4. The number of aromatic hydroxyl groups is 1. The molecule has 2 aliphatic rings. The van der Waals surface area contributed by atoms with Gasteiger partial charge < -0.3 is 9.84 Å². The molecule has 186 valence electrons. The summed E-state index contributed by atoms with van der Waals surface area (Å²) >= 11 is 0. The van der Waals surface area contributed by atoms with E-state index in [0.717, 1.165) is 22.6 Å². The minimum atomic E-state index is -1.08. The van der Waals surface area contributed by atoms with Crippen LogP contribution in [-0.4, -0.2) is 27.1 Å². The fourth-order valence-corrected chi connectivity index (χ4v) is 5.90. The van der Waals surface area contributed by atoms with E-state index in [2.05, 4.69) is 61.5 Å². The summed E-state index contributed by atoms with van der Waals surface area (Å²) in [5.74, 6) is -0.942. The molecule has 2 atom stereocenters. The number of phenolic OH excluding ortho intramolecular Hbond substituents is 1. The summed E-state index contributed by atoms with van der Waals surface area (Å²) in [4.78, 5) is 11.7. The van der Waals surface area contributed by atoms with Gasteiger partial charge in [-0.25, -0.2) is 9.57 Å². The maximum atomic E-state index is 11.3. The van der Waals surface area contributed by atoms with E-state index in [-0.39, 0.29) is 22.0 Å². The van der Waals surface area contributed by atoms with E-state index in [4.69, 9.17) is 19.6 Å². The second-order valence-corrected chi connectivity index (χ2v) is 12.5. The van der Waals surface area contributed by atoms with Gasteiger partial charge in [0.25, 0.3) is 5.79 Å². The first-order valence-corrected chi connectivity index (χ1v) is 12.2. The van der Waals surface area contributed by atoms with Gasteiger partial charge in [0.2, 0.25) is 0 Å². The lowest BCUT2D eigenvalue weighted by molar-refractivity contribution is -0.626. The second-order valence-electron chi connectivity index (χ2n) is 12.5. The largest absolute Gasteiger partial charge is 0.507 e. The van der Waals surface area contributed by atoms with Gasteiger partial charge in [-0.1, -0.05) is 79.7 Å². The lowest BCUT2D eigenvalue weighted by Gasteiger charge is -2.61. The molecule has 0 radical (unpaired) electrons. The van der Waals surface area contributed by atoms with Crippen LogP contribution in [0.15, 0.2) is 54.6 Å². The fourth-order valence-electron chi connectivity index (χ4n) is 5.90. The van der Waals surface area contributed by atoms with Crippen LogP contribution in [0.4, 0.5) is 0 Å². The Morgan fingerprint density at radius 2 is 1.60 bits per heavy atom. The van der Waals surface area contributed by atoms with Crippen LogP contribution in [0, 0.1) is 10.8 Å². The third kappa shape index (κ3) is 3.23. The molecule has 2 aliphatic heterocycles. The summed E-state index contributed by atoms with van der Waals surface area (Å²) in [6, 6.07) is 17.7. The number of hydrogen-bond acceptors (Lipinski definition) is 5. The molecule has 0 aliphatic carbocycles. The number of aromatic nitrogens is 2. The van der Waals surface area contributed by atoms with E-state index in [1.165, 1.54) is 0 Å². The van der Waals surface area contributed by atoms with Gasteiger partial charge in [0.1, 0.15) is 5.75 Å². The Morgan fingerprint density at radius 1 is 0.914 bits per heavy atom. The van der Waals surface area contributed by atoms with Crippen molar-refractivity contribution in [3.05, 3.63) is 65.9 Å². The molecule has 6 heteroatoms. The number of benzene rings is 2. The molecule has 0 spiro atoms. The molecule has 35 heavy (non-hydrogen) atoms. The Labute approximate surface area is 207 Å². The topological polar surface area (TPSA) is 65.7 Å². The Kier molecular flexibility index (Phi) is 5.10. The van der Waals surface area contributed by atoms with Crippen LogP contribution in [0.1, 0.15) is 66.6 Å². The number of fused-ring (bicyclic) bond motifs is 1. The van der Waals surface area contributed by atoms with E-state index in [1.807, 2.05) is 47.1 Å². The Morgan fingerprint density at radius 3 is 2.14 bits per heavy atom. The van der Waals surface area contributed by atoms with Crippen LogP contribution in [0.5, 0.6) is 5.75 Å². The highest BCUT2D eigenvalue weighted by Crippen LogP contribution is 2.69. The number of hydrogen-bond donors (Lipinski definition) is 1. The lowest BCUT2D eigenvalue weighted by Crippen LogP contribution is -2.73. The zero-order valence-electron chi connectivity index (χ0n) is 22.0. The van der Waals surface area contributed by atoms with E-state index < -0.39 is 11.4 Å². The average Bonchev–Trinajstić information content (AvgIpc) is 3.24. The van der Waals surface area contributed by atoms with Gasteiger partial charge >= 0.3 is 0 Å². The van der Waals surface area contributed by atoms with Crippen LogP contribution in [0.3, 0.4) is 0 Å². The van der Waals surface area contributed by atoms with Crippen molar-refractivity contribution < 1.29 is 19.6 Å². The predicted molar refractivity (Wildman–Crippen MR) is 135 cm³/mol. The molecule has 3 aromatic rings. The van der Waals surface area contributed by atoms with E-state index in [0.29, 0.717) is 12.2 Å². The summed E-state index contributed by atoms with van der Waals surface area (Å²) in [5.41, 5.74) is 2.73. The Bertz CT molecular complexity index is 1270. The van der Waals surface area contributed by atoms with E-state index in [9.17, 15) is 5.11 Å². The average molecular weight is 477 g/mol. The van der Waals surface area contributed by atoms with Crippen molar-refractivity contribution in [2.45, 2.75) is 72.2 Å². The number of rotatable bonds is 3. The third-order valence-electron chi connectivity index (χ3n) is 7.53. The molecule has 0 bridgehead atoms. The van der Waals surface area contributed by atoms with Gasteiger partial charge in [0.15, 0.2) is 5.60 Å². The normalized spacial score (nSPS) is 25.8. The predicted octanol–water partition coefficient (Wildman–Crippen LogP) is 6.50. The molecular formula is C29H36N2O4. The molecule has 2 fully saturated rings. The van der Waals surface area contributed by atoms with Gasteiger partial charge in [0, 0.05) is 27.4 Å². The van der Waals surface area contributed by atoms with Crippen molar-refractivity contribution in [1.82, 2.24) is 9.78 Å². The number of para-hydroxylation sites is 1. The van der Waals surface area contributed by atoms with Crippen LogP contribution < -0.4 is 0 Å². The number of phenols is 1. The highest BCUT2D eigenvalue weighted by atomic mass is 17.3. The lowest BCUT2D eigenvalue weighted by atomic mass is 9.57. The first-order chi connectivity index (χ1) is 16.2. The van der Waals surface area contributed by atoms with Crippen molar-refractivity contribution >= 4 is 0 Å². The molecule has 2 saturated heterocycles. The molecule has 1 N–H and O–H groups in total. The Balaban J connectivity index is 1.63. The van der Waals surface area contributed by atoms with Gasteiger partial charge in [-0.05, 0) is 30.3 Å². The van der Waals surface area contributed by atoms with Crippen LogP contribution in [-0.2, 0) is 25.7 Å². The van der Waals surface area contributed by atoms with Gasteiger partial charge in [-0.3, -0.25) is 0 Å². The fraction of sp³-hybridized carbons (Fsp3) is 0.483. The molecule has 2 unspecified atom stereocenters. The summed E-state index contributed by atoms with van der Waals surface area (Å²) in [6.07, 6.45) is 0. The van der Waals surface area contributed by atoms with Crippen molar-refractivity contribution in [2.24, 2.45) is 10.8 Å². The van der Waals surface area contributed by atoms with Crippen LogP contribution in [0.25, 0.3) is 16.9 Å². The van der Waals surface area contributed by atoms with Crippen molar-refractivity contribution in [2.75, 3.05) is 6.61 Å². The molecule has 0 amide bonds. The maximum Gasteiger partial charge on any atom is 0.261 e. The molecule has 1 aromatic heterocycles. The number of ether oxygens (including phenoxy) is 1. The molecule has 3 heterocycles. The summed E-state index contributed by atoms with van der Waals surface area (Å²) in [7, 11) is 0. The molecule has 5 rings (SSSR count). The Hall–Kier alpha value is -2.67. The van der Waals surface area contributed by atoms with Gasteiger partial charge in [-0.15, -0.1) is 0 Å². The summed E-state index contributed by atoms with van der Waals surface area (Å²) < 4.78 is 8.23. The van der Waals surface area contributed by atoms with E-state index in [1.54, 1.807) is 6.07 Å². The summed E-state index contributed by atoms with van der Waals surface area (Å²) in [6.45, 7) is 17.6. The third-order valence-corrected chi connectivity index (χ3v) is 7.53. The summed E-state index contributed by atoms with van der Waals surface area (Å²) in [5, 5.41) is 16.2. The van der Waals surface area contributed by atoms with Crippen molar-refractivity contribution in [1.29, 1.82) is 0 Å². The van der Waals surface area contributed by atoms with Crippen LogP contribution >= 0.6 is 0 Å². The smallest absolute Gasteiger partial charge is 0.261 e. The minimum absolute atomic E-state index is 0.140. The monoisotopic (exact) mass is 476 g/mol. The highest BCUT2D eigenvalue weighted by molar-refractivity contribution is 5.70. The molecular weight excluding hydrogens is 440 g/mol. The first-order valence-electron chi connectivity index (χ1n) is 12.2. The van der Waals surface area contributed by atoms with Gasteiger partial charge in [0.05, 0.1) is 23.7 Å². The number of nitrogens with zero attached hydrogens (tertiary/aromatic N) is 2. The quantitative estimate of drug-likeness (QED) is 0.437. The molecule has 2 aromatic carbocycles. The van der Waals surface area contributed by atoms with Crippen molar-refractivity contribution in [3.8, 4) is 22.7 Å². The van der Waals surface area contributed by atoms with Crippen LogP contribution in [0.2, 0.25) is 0 Å². The van der Waals surface area contributed by atoms with Crippen molar-refractivity contribution in [3.63, 3.8) is 0 Å². The highest BCUT2D eigenvalue weighted by Gasteiger charge is 2.81.